The van der Waals surface area contributed by atoms with Crippen LogP contribution in [0.4, 0.5) is 0 Å². The summed E-state index contributed by atoms with van der Waals surface area (Å²) in [7, 11) is 1.42. The van der Waals surface area contributed by atoms with Gasteiger partial charge in [0.05, 0.1) is 7.11 Å². The molecule has 2 heteroatoms. The smallest absolute Gasteiger partial charge is 0.334 e. The highest BCUT2D eigenvalue weighted by atomic mass is 16.5. The van der Waals surface area contributed by atoms with E-state index in [-0.39, 0.29) is 5.97 Å². The minimum Gasteiger partial charge on any atom is -0.466 e. The average molecular weight is 266 g/mol. The highest BCUT2D eigenvalue weighted by molar-refractivity contribution is 5.94. The quantitative estimate of drug-likeness (QED) is 0.621. The summed E-state index contributed by atoms with van der Waals surface area (Å²) in [5.41, 5.74) is 3.98. The number of aryl methyl sites for hydroxylation is 1. The highest BCUT2D eigenvalue weighted by Crippen LogP contribution is 2.16. The zero-order valence-corrected chi connectivity index (χ0v) is 11.8. The van der Waals surface area contributed by atoms with E-state index < -0.39 is 0 Å². The third-order valence-electron chi connectivity index (χ3n) is 3.23. The summed E-state index contributed by atoms with van der Waals surface area (Å²) in [6.07, 6.45) is 2.46. The zero-order valence-electron chi connectivity index (χ0n) is 11.8. The first kappa shape index (κ1) is 14.1. The molecule has 2 aromatic carbocycles. The fraction of sp³-hybridized carbons (Fsp3) is 0.167. The van der Waals surface area contributed by atoms with E-state index in [0.29, 0.717) is 12.0 Å². The number of esters is 1. The van der Waals surface area contributed by atoms with Gasteiger partial charge >= 0.3 is 5.97 Å². The fourth-order valence-corrected chi connectivity index (χ4v) is 2.08. The molecule has 0 aliphatic rings. The predicted molar refractivity (Wildman–Crippen MR) is 81.3 cm³/mol. The first-order valence-corrected chi connectivity index (χ1v) is 6.59. The summed E-state index contributed by atoms with van der Waals surface area (Å²) in [5.74, 6) is -0.280. The highest BCUT2D eigenvalue weighted by Gasteiger charge is 2.11. The van der Waals surface area contributed by atoms with Gasteiger partial charge in [0.2, 0.25) is 0 Å². The second-order valence-electron chi connectivity index (χ2n) is 4.68. The molecular formula is C18H18O2. The fourth-order valence-electron chi connectivity index (χ4n) is 2.08. The van der Waals surface area contributed by atoms with Crippen molar-refractivity contribution in [1.29, 1.82) is 0 Å². The Morgan fingerprint density at radius 3 is 2.35 bits per heavy atom. The van der Waals surface area contributed by atoms with Gasteiger partial charge in [-0.2, -0.15) is 0 Å². The Morgan fingerprint density at radius 1 is 1.05 bits per heavy atom. The van der Waals surface area contributed by atoms with Crippen LogP contribution in [0.2, 0.25) is 0 Å². The number of hydrogen-bond acceptors (Lipinski definition) is 2. The van der Waals surface area contributed by atoms with Gasteiger partial charge in [-0.1, -0.05) is 54.6 Å². The SMILES string of the molecule is COC(=O)/C(=C/c1ccccc1)Cc1ccccc1C. The second kappa shape index (κ2) is 6.71. The largest absolute Gasteiger partial charge is 0.466 e. The Balaban J connectivity index is 2.32. The van der Waals surface area contributed by atoms with Crippen molar-refractivity contribution in [3.8, 4) is 0 Å². The number of benzene rings is 2. The minimum atomic E-state index is -0.280. The van der Waals surface area contributed by atoms with E-state index in [1.54, 1.807) is 0 Å². The van der Waals surface area contributed by atoms with Gasteiger partial charge in [-0.3, -0.25) is 0 Å². The molecule has 0 aliphatic carbocycles. The van der Waals surface area contributed by atoms with Crippen LogP contribution in [0.15, 0.2) is 60.2 Å². The maximum Gasteiger partial charge on any atom is 0.334 e. The summed E-state index contributed by atoms with van der Waals surface area (Å²) in [6.45, 7) is 2.05. The molecule has 0 bridgehead atoms. The topological polar surface area (TPSA) is 26.3 Å². The lowest BCUT2D eigenvalue weighted by atomic mass is 9.99. The van der Waals surface area contributed by atoms with Crippen LogP contribution >= 0.6 is 0 Å². The molecule has 0 saturated carbocycles. The van der Waals surface area contributed by atoms with Crippen LogP contribution in [0.3, 0.4) is 0 Å². The summed E-state index contributed by atoms with van der Waals surface area (Å²) < 4.78 is 4.89. The summed E-state index contributed by atoms with van der Waals surface area (Å²) >= 11 is 0. The molecule has 20 heavy (non-hydrogen) atoms. The number of carbonyl (C=O) groups is 1. The average Bonchev–Trinajstić information content (AvgIpc) is 2.49. The molecule has 0 N–H and O–H groups in total. The number of methoxy groups -OCH3 is 1. The van der Waals surface area contributed by atoms with Gasteiger partial charge in [-0.25, -0.2) is 4.79 Å². The van der Waals surface area contributed by atoms with Gasteiger partial charge in [0.15, 0.2) is 0 Å². The number of hydrogen-bond donors (Lipinski definition) is 0. The third kappa shape index (κ3) is 3.58. The number of ether oxygens (including phenoxy) is 1. The van der Waals surface area contributed by atoms with Crippen LogP contribution in [-0.4, -0.2) is 13.1 Å². The van der Waals surface area contributed by atoms with Crippen LogP contribution < -0.4 is 0 Å². The lowest BCUT2D eigenvalue weighted by Gasteiger charge is -2.08. The molecule has 0 fully saturated rings. The van der Waals surface area contributed by atoms with Crippen molar-refractivity contribution in [2.24, 2.45) is 0 Å². The van der Waals surface area contributed by atoms with E-state index in [1.807, 2.05) is 67.6 Å². The Bertz CT molecular complexity index is 612. The van der Waals surface area contributed by atoms with E-state index in [2.05, 4.69) is 0 Å². The Kier molecular flexibility index (Phi) is 4.72. The summed E-state index contributed by atoms with van der Waals surface area (Å²) in [6, 6.07) is 17.9. The lowest BCUT2D eigenvalue weighted by molar-refractivity contribution is -0.136. The van der Waals surface area contributed by atoms with E-state index in [9.17, 15) is 4.79 Å². The summed E-state index contributed by atoms with van der Waals surface area (Å²) in [4.78, 5) is 11.9. The normalized spacial score (nSPS) is 11.2. The summed E-state index contributed by atoms with van der Waals surface area (Å²) in [5, 5.41) is 0. The molecule has 0 aromatic heterocycles. The van der Waals surface area contributed by atoms with Crippen molar-refractivity contribution < 1.29 is 9.53 Å². The van der Waals surface area contributed by atoms with Crippen molar-refractivity contribution >= 4 is 12.0 Å². The maximum atomic E-state index is 11.9. The molecule has 102 valence electrons. The number of carbonyl (C=O) groups excluding carboxylic acids is 1. The van der Waals surface area contributed by atoms with E-state index >= 15 is 0 Å². The molecule has 0 saturated heterocycles. The predicted octanol–water partition coefficient (Wildman–Crippen LogP) is 3.79. The van der Waals surface area contributed by atoms with Crippen LogP contribution in [-0.2, 0) is 16.0 Å². The van der Waals surface area contributed by atoms with Crippen LogP contribution in [0.1, 0.15) is 16.7 Å². The molecule has 2 nitrogen and oxygen atoms in total. The molecule has 0 aliphatic heterocycles. The van der Waals surface area contributed by atoms with Crippen molar-refractivity contribution in [3.63, 3.8) is 0 Å². The maximum absolute atomic E-state index is 11.9. The molecule has 0 heterocycles. The molecule has 0 amide bonds. The molecule has 0 spiro atoms. The van der Waals surface area contributed by atoms with Crippen molar-refractivity contribution in [2.45, 2.75) is 13.3 Å². The third-order valence-corrected chi connectivity index (χ3v) is 3.23. The van der Waals surface area contributed by atoms with Crippen molar-refractivity contribution in [3.05, 3.63) is 76.9 Å². The van der Waals surface area contributed by atoms with Crippen molar-refractivity contribution in [2.75, 3.05) is 7.11 Å². The van der Waals surface area contributed by atoms with Gasteiger partial charge in [0, 0.05) is 12.0 Å². The Labute approximate surface area is 119 Å². The minimum absolute atomic E-state index is 0.280. The molecule has 0 radical (unpaired) electrons. The first-order valence-electron chi connectivity index (χ1n) is 6.59. The molecule has 2 aromatic rings. The van der Waals surface area contributed by atoms with Gasteiger partial charge in [-0.05, 0) is 29.7 Å². The van der Waals surface area contributed by atoms with E-state index in [0.717, 1.165) is 11.1 Å². The molecular weight excluding hydrogens is 248 g/mol. The lowest BCUT2D eigenvalue weighted by Crippen LogP contribution is -2.08. The van der Waals surface area contributed by atoms with Crippen LogP contribution in [0.25, 0.3) is 6.08 Å². The van der Waals surface area contributed by atoms with Crippen LogP contribution in [0.5, 0.6) is 0 Å². The van der Waals surface area contributed by atoms with E-state index in [1.165, 1.54) is 12.7 Å². The monoisotopic (exact) mass is 266 g/mol. The zero-order chi connectivity index (χ0) is 14.4. The van der Waals surface area contributed by atoms with Gasteiger partial charge in [-0.15, -0.1) is 0 Å². The van der Waals surface area contributed by atoms with Gasteiger partial charge in [0.25, 0.3) is 0 Å². The number of rotatable bonds is 4. The molecule has 0 unspecified atom stereocenters. The van der Waals surface area contributed by atoms with Crippen LogP contribution in [0, 0.1) is 6.92 Å². The standard InChI is InChI=1S/C18H18O2/c1-14-8-6-7-11-16(14)13-17(18(19)20-2)12-15-9-4-3-5-10-15/h3-12H,13H2,1-2H3/b17-12+. The first-order chi connectivity index (χ1) is 9.70. The Morgan fingerprint density at radius 2 is 1.70 bits per heavy atom. The second-order valence-corrected chi connectivity index (χ2v) is 4.68. The van der Waals surface area contributed by atoms with Gasteiger partial charge in [0.1, 0.15) is 0 Å². The van der Waals surface area contributed by atoms with Crippen molar-refractivity contribution in [1.82, 2.24) is 0 Å². The van der Waals surface area contributed by atoms with E-state index in [4.69, 9.17) is 4.74 Å². The Hall–Kier alpha value is -2.35. The van der Waals surface area contributed by atoms with Gasteiger partial charge < -0.3 is 4.74 Å². The molecule has 2 rings (SSSR count). The molecule has 0 atom stereocenters.